The smallest absolute Gasteiger partial charge is 0.226 e. The van der Waals surface area contributed by atoms with Crippen LogP contribution in [0.15, 0.2) is 24.5 Å². The minimum absolute atomic E-state index is 0.0804. The summed E-state index contributed by atoms with van der Waals surface area (Å²) in [6.07, 6.45) is 1.50. The van der Waals surface area contributed by atoms with Gasteiger partial charge in [0.2, 0.25) is 5.28 Å². The third-order valence-corrected chi connectivity index (χ3v) is 3.09. The Morgan fingerprint density at radius 3 is 2.85 bits per heavy atom. The molecule has 20 heavy (non-hydrogen) atoms. The van der Waals surface area contributed by atoms with Crippen molar-refractivity contribution in [1.29, 1.82) is 5.26 Å². The first kappa shape index (κ1) is 12.7. The number of halogens is 2. The van der Waals surface area contributed by atoms with Gasteiger partial charge >= 0.3 is 0 Å². The number of anilines is 2. The summed E-state index contributed by atoms with van der Waals surface area (Å²) < 4.78 is 0. The second kappa shape index (κ2) is 4.96. The van der Waals surface area contributed by atoms with Gasteiger partial charge in [0.05, 0.1) is 28.7 Å². The van der Waals surface area contributed by atoms with Crippen molar-refractivity contribution in [3.8, 4) is 6.07 Å². The Kier molecular flexibility index (Phi) is 3.14. The van der Waals surface area contributed by atoms with E-state index in [-0.39, 0.29) is 5.28 Å². The molecule has 0 unspecified atom stereocenters. The molecule has 3 aromatic rings. The molecule has 8 heteroatoms. The quantitative estimate of drug-likeness (QED) is 0.709. The van der Waals surface area contributed by atoms with Crippen LogP contribution in [0.5, 0.6) is 0 Å². The molecule has 0 atom stereocenters. The molecule has 0 bridgehead atoms. The predicted octanol–water partition coefficient (Wildman–Crippen LogP) is 3.27. The largest absolute Gasteiger partial charge is 0.340 e. The normalized spacial score (nSPS) is 10.4. The summed E-state index contributed by atoms with van der Waals surface area (Å²) in [5.41, 5.74) is 2.16. The summed E-state index contributed by atoms with van der Waals surface area (Å²) in [6.45, 7) is 0. The molecule has 0 saturated carbocycles. The van der Waals surface area contributed by atoms with Crippen LogP contribution in [0.3, 0.4) is 0 Å². The molecule has 2 aromatic heterocycles. The summed E-state index contributed by atoms with van der Waals surface area (Å²) in [4.78, 5) is 15.0. The number of benzene rings is 1. The number of imidazole rings is 1. The first-order chi connectivity index (χ1) is 9.67. The van der Waals surface area contributed by atoms with E-state index < -0.39 is 0 Å². The van der Waals surface area contributed by atoms with Gasteiger partial charge < -0.3 is 10.3 Å². The zero-order chi connectivity index (χ0) is 14.1. The molecule has 98 valence electrons. The van der Waals surface area contributed by atoms with Crippen molar-refractivity contribution < 1.29 is 0 Å². The van der Waals surface area contributed by atoms with Gasteiger partial charge in [0.1, 0.15) is 5.52 Å². The number of H-pyrrole nitrogens is 1. The van der Waals surface area contributed by atoms with Crippen molar-refractivity contribution in [2.75, 3.05) is 5.32 Å². The lowest BCUT2D eigenvalue weighted by atomic mass is 10.2. The Morgan fingerprint density at radius 1 is 1.25 bits per heavy atom. The molecule has 0 aliphatic rings. The van der Waals surface area contributed by atoms with Gasteiger partial charge in [-0.2, -0.15) is 15.2 Å². The molecule has 0 saturated heterocycles. The second-order valence-electron chi connectivity index (χ2n) is 3.87. The number of nitrogens with zero attached hydrogens (tertiary/aromatic N) is 4. The third-order valence-electron chi connectivity index (χ3n) is 2.61. The molecule has 0 fully saturated rings. The molecule has 0 amide bonds. The zero-order valence-electron chi connectivity index (χ0n) is 9.85. The number of rotatable bonds is 2. The Labute approximate surface area is 123 Å². The maximum absolute atomic E-state index is 8.81. The fourth-order valence-corrected chi connectivity index (χ4v) is 2.10. The van der Waals surface area contributed by atoms with Crippen LogP contribution in [0.1, 0.15) is 5.56 Å². The van der Waals surface area contributed by atoms with E-state index in [1.807, 2.05) is 6.07 Å². The Hall–Kier alpha value is -2.36. The summed E-state index contributed by atoms with van der Waals surface area (Å²) in [7, 11) is 0. The van der Waals surface area contributed by atoms with Crippen molar-refractivity contribution in [1.82, 2.24) is 19.9 Å². The first-order valence-electron chi connectivity index (χ1n) is 5.50. The van der Waals surface area contributed by atoms with E-state index in [1.165, 1.54) is 6.33 Å². The lowest BCUT2D eigenvalue weighted by molar-refractivity contribution is 1.20. The van der Waals surface area contributed by atoms with Gasteiger partial charge in [0, 0.05) is 0 Å². The highest BCUT2D eigenvalue weighted by atomic mass is 35.5. The van der Waals surface area contributed by atoms with Gasteiger partial charge in [-0.25, -0.2) is 4.98 Å². The highest BCUT2D eigenvalue weighted by Gasteiger charge is 2.10. The number of aromatic nitrogens is 4. The molecule has 2 N–H and O–H groups in total. The predicted molar refractivity (Wildman–Crippen MR) is 76.1 cm³/mol. The topological polar surface area (TPSA) is 90.3 Å². The molecule has 3 rings (SSSR count). The summed E-state index contributed by atoms with van der Waals surface area (Å²) in [6, 6.07) is 6.93. The van der Waals surface area contributed by atoms with E-state index in [1.54, 1.807) is 18.2 Å². The molecular formula is C12H6Cl2N6. The molecular weight excluding hydrogens is 299 g/mol. The van der Waals surface area contributed by atoms with Crippen LogP contribution >= 0.6 is 23.2 Å². The fraction of sp³-hybridized carbons (Fsp3) is 0. The molecule has 6 nitrogen and oxygen atoms in total. The molecule has 0 aliphatic carbocycles. The highest BCUT2D eigenvalue weighted by Crippen LogP contribution is 2.28. The van der Waals surface area contributed by atoms with Crippen LogP contribution in [0.4, 0.5) is 11.5 Å². The van der Waals surface area contributed by atoms with Crippen molar-refractivity contribution in [2.45, 2.75) is 0 Å². The van der Waals surface area contributed by atoms with Crippen molar-refractivity contribution in [2.24, 2.45) is 0 Å². The van der Waals surface area contributed by atoms with E-state index in [0.717, 1.165) is 0 Å². The van der Waals surface area contributed by atoms with E-state index in [4.69, 9.17) is 28.5 Å². The molecule has 0 aliphatic heterocycles. The van der Waals surface area contributed by atoms with Gasteiger partial charge in [-0.1, -0.05) is 11.6 Å². The van der Waals surface area contributed by atoms with Gasteiger partial charge in [-0.15, -0.1) is 0 Å². The highest BCUT2D eigenvalue weighted by molar-refractivity contribution is 6.33. The molecule has 1 aromatic carbocycles. The van der Waals surface area contributed by atoms with E-state index in [0.29, 0.717) is 33.3 Å². The Bertz CT molecular complexity index is 836. The van der Waals surface area contributed by atoms with Crippen LogP contribution < -0.4 is 5.32 Å². The number of nitriles is 1. The SMILES string of the molecule is N#Cc1ccc(Nc2nc(Cl)nc3nc[nH]c23)c(Cl)c1. The average Bonchev–Trinajstić information content (AvgIpc) is 2.89. The maximum atomic E-state index is 8.81. The maximum Gasteiger partial charge on any atom is 0.226 e. The lowest BCUT2D eigenvalue weighted by Gasteiger charge is -2.08. The van der Waals surface area contributed by atoms with Gasteiger partial charge in [0.15, 0.2) is 11.5 Å². The minimum Gasteiger partial charge on any atom is -0.340 e. The van der Waals surface area contributed by atoms with E-state index >= 15 is 0 Å². The standard InChI is InChI=1S/C12H6Cl2N6/c13-7-3-6(4-15)1-2-8(7)18-11-9-10(17-5-16-9)19-12(14)20-11/h1-3,5H,(H2,16,17,18,19,20). The van der Waals surface area contributed by atoms with Crippen LogP contribution in [0.2, 0.25) is 10.3 Å². The van der Waals surface area contributed by atoms with Crippen molar-refractivity contribution in [3.05, 3.63) is 40.4 Å². The fourth-order valence-electron chi connectivity index (χ4n) is 1.71. The van der Waals surface area contributed by atoms with Crippen molar-refractivity contribution in [3.63, 3.8) is 0 Å². The van der Waals surface area contributed by atoms with Gasteiger partial charge in [0.25, 0.3) is 0 Å². The van der Waals surface area contributed by atoms with Crippen LogP contribution in [0, 0.1) is 11.3 Å². The number of hydrogen-bond donors (Lipinski definition) is 2. The first-order valence-corrected chi connectivity index (χ1v) is 6.26. The number of nitrogens with one attached hydrogen (secondary N) is 2. The Balaban J connectivity index is 2.05. The zero-order valence-corrected chi connectivity index (χ0v) is 11.4. The van der Waals surface area contributed by atoms with Crippen LogP contribution in [0.25, 0.3) is 11.2 Å². The van der Waals surface area contributed by atoms with E-state index in [9.17, 15) is 0 Å². The molecule has 0 radical (unpaired) electrons. The average molecular weight is 305 g/mol. The van der Waals surface area contributed by atoms with Gasteiger partial charge in [-0.05, 0) is 29.8 Å². The summed E-state index contributed by atoms with van der Waals surface area (Å²) in [5.74, 6) is 0.462. The summed E-state index contributed by atoms with van der Waals surface area (Å²) in [5, 5.41) is 12.3. The molecule has 0 spiro atoms. The monoisotopic (exact) mass is 304 g/mol. The number of fused-ring (bicyclic) bond motifs is 1. The summed E-state index contributed by atoms with van der Waals surface area (Å²) >= 11 is 11.9. The van der Waals surface area contributed by atoms with Crippen LogP contribution in [-0.2, 0) is 0 Å². The van der Waals surface area contributed by atoms with Gasteiger partial charge in [-0.3, -0.25) is 0 Å². The Morgan fingerprint density at radius 2 is 2.10 bits per heavy atom. The lowest BCUT2D eigenvalue weighted by Crippen LogP contribution is -1.98. The molecule has 2 heterocycles. The van der Waals surface area contributed by atoms with E-state index in [2.05, 4.69) is 25.3 Å². The number of aromatic amines is 1. The minimum atomic E-state index is 0.0804. The number of hydrogen-bond acceptors (Lipinski definition) is 5. The second-order valence-corrected chi connectivity index (χ2v) is 4.62. The third kappa shape index (κ3) is 2.25. The van der Waals surface area contributed by atoms with Crippen LogP contribution in [-0.4, -0.2) is 19.9 Å². The van der Waals surface area contributed by atoms with Crippen molar-refractivity contribution >= 4 is 45.9 Å².